The first-order chi connectivity index (χ1) is 11.7. The van der Waals surface area contributed by atoms with E-state index < -0.39 is 0 Å². The van der Waals surface area contributed by atoms with Gasteiger partial charge in [0, 0.05) is 39.1 Å². The van der Waals surface area contributed by atoms with Gasteiger partial charge in [0.15, 0.2) is 5.96 Å². The number of aliphatic imine (C=N–C) groups is 1. The number of imidazole rings is 1. The van der Waals surface area contributed by atoms with Gasteiger partial charge in [0.1, 0.15) is 5.82 Å². The van der Waals surface area contributed by atoms with Crippen LogP contribution in [0.1, 0.15) is 57.7 Å². The molecule has 5 nitrogen and oxygen atoms in total. The number of guanidine groups is 1. The molecule has 1 aromatic heterocycles. The fourth-order valence-electron chi connectivity index (χ4n) is 3.69. The lowest BCUT2D eigenvalue weighted by Crippen LogP contribution is -2.38. The van der Waals surface area contributed by atoms with Crippen molar-refractivity contribution >= 4 is 29.9 Å². The smallest absolute Gasteiger partial charge is 0.190 e. The highest BCUT2D eigenvalue weighted by Crippen LogP contribution is 2.30. The first kappa shape index (κ1) is 22.3. The van der Waals surface area contributed by atoms with E-state index in [-0.39, 0.29) is 24.0 Å². The van der Waals surface area contributed by atoms with Crippen molar-refractivity contribution in [3.63, 3.8) is 0 Å². The maximum Gasteiger partial charge on any atom is 0.190 e. The Kier molecular flexibility index (Phi) is 11.2. The zero-order valence-electron chi connectivity index (χ0n) is 16.1. The highest BCUT2D eigenvalue weighted by Gasteiger charge is 2.18. The van der Waals surface area contributed by atoms with Crippen LogP contribution < -0.4 is 10.6 Å². The summed E-state index contributed by atoms with van der Waals surface area (Å²) in [6.45, 7) is 7.49. The summed E-state index contributed by atoms with van der Waals surface area (Å²) in [4.78, 5) is 8.58. The van der Waals surface area contributed by atoms with Gasteiger partial charge >= 0.3 is 0 Å². The average molecular weight is 461 g/mol. The summed E-state index contributed by atoms with van der Waals surface area (Å²) in [7, 11) is 1.85. The molecule has 0 amide bonds. The molecule has 1 fully saturated rings. The fraction of sp³-hybridized carbons (Fsp3) is 0.789. The van der Waals surface area contributed by atoms with Gasteiger partial charge in [0.05, 0.1) is 0 Å². The first-order valence-corrected chi connectivity index (χ1v) is 9.61. The third kappa shape index (κ3) is 8.42. The Bertz CT molecular complexity index is 500. The maximum atomic E-state index is 4.33. The van der Waals surface area contributed by atoms with Crippen LogP contribution in [0.15, 0.2) is 17.4 Å². The second-order valence-corrected chi connectivity index (χ2v) is 7.23. The summed E-state index contributed by atoms with van der Waals surface area (Å²) in [6.07, 6.45) is 13.1. The van der Waals surface area contributed by atoms with E-state index in [9.17, 15) is 0 Å². The van der Waals surface area contributed by atoms with E-state index in [1.807, 2.05) is 13.2 Å². The second kappa shape index (κ2) is 12.5. The van der Waals surface area contributed by atoms with Crippen LogP contribution in [0.3, 0.4) is 0 Å². The number of nitrogens with one attached hydrogen (secondary N) is 2. The van der Waals surface area contributed by atoms with E-state index in [4.69, 9.17) is 0 Å². The molecule has 1 saturated carbocycles. The Balaban J connectivity index is 0.00000312. The van der Waals surface area contributed by atoms with Crippen molar-refractivity contribution < 1.29 is 0 Å². The van der Waals surface area contributed by atoms with E-state index in [1.54, 1.807) is 0 Å². The van der Waals surface area contributed by atoms with Crippen LogP contribution in [-0.2, 0) is 6.54 Å². The average Bonchev–Trinajstić information content (AvgIpc) is 2.98. The molecule has 0 saturated heterocycles. The van der Waals surface area contributed by atoms with Crippen molar-refractivity contribution in [2.45, 2.75) is 65.3 Å². The van der Waals surface area contributed by atoms with Crippen LogP contribution in [0.2, 0.25) is 0 Å². The lowest BCUT2D eigenvalue weighted by atomic mass is 9.81. The largest absolute Gasteiger partial charge is 0.356 e. The van der Waals surface area contributed by atoms with Crippen LogP contribution in [0.25, 0.3) is 0 Å². The molecule has 2 rings (SSSR count). The summed E-state index contributed by atoms with van der Waals surface area (Å²) in [5, 5.41) is 6.89. The van der Waals surface area contributed by atoms with Crippen LogP contribution in [0, 0.1) is 18.8 Å². The van der Waals surface area contributed by atoms with Crippen molar-refractivity contribution in [1.82, 2.24) is 20.2 Å². The van der Waals surface area contributed by atoms with Crippen molar-refractivity contribution in [1.29, 1.82) is 0 Å². The normalized spacial score (nSPS) is 20.8. The summed E-state index contributed by atoms with van der Waals surface area (Å²) in [5.74, 6) is 3.85. The van der Waals surface area contributed by atoms with Gasteiger partial charge in [-0.3, -0.25) is 4.99 Å². The van der Waals surface area contributed by atoms with E-state index in [1.165, 1.54) is 32.1 Å². The topological polar surface area (TPSA) is 54.2 Å². The molecular formula is C19H36IN5. The number of unbranched alkanes of at least 4 members (excludes halogenated alkanes) is 1. The van der Waals surface area contributed by atoms with Crippen LogP contribution in [-0.4, -0.2) is 35.6 Å². The third-order valence-electron chi connectivity index (χ3n) is 5.16. The number of rotatable bonds is 8. The van der Waals surface area contributed by atoms with Crippen LogP contribution in [0.4, 0.5) is 0 Å². The molecular weight excluding hydrogens is 425 g/mol. The number of hydrogen-bond acceptors (Lipinski definition) is 2. The summed E-state index contributed by atoms with van der Waals surface area (Å²) < 4.78 is 2.21. The van der Waals surface area contributed by atoms with Gasteiger partial charge in [-0.05, 0) is 44.4 Å². The van der Waals surface area contributed by atoms with Gasteiger partial charge in [-0.15, -0.1) is 24.0 Å². The highest BCUT2D eigenvalue weighted by molar-refractivity contribution is 14.0. The van der Waals surface area contributed by atoms with Crippen molar-refractivity contribution in [3.05, 3.63) is 18.2 Å². The van der Waals surface area contributed by atoms with Crippen molar-refractivity contribution in [2.24, 2.45) is 16.8 Å². The quantitative estimate of drug-likeness (QED) is 0.267. The van der Waals surface area contributed by atoms with Crippen molar-refractivity contribution in [2.75, 3.05) is 20.1 Å². The molecule has 1 aliphatic rings. The van der Waals surface area contributed by atoms with E-state index in [0.29, 0.717) is 0 Å². The van der Waals surface area contributed by atoms with E-state index >= 15 is 0 Å². The molecule has 6 heteroatoms. The molecule has 2 unspecified atom stereocenters. The molecule has 0 spiro atoms. The van der Waals surface area contributed by atoms with Gasteiger partial charge in [0.25, 0.3) is 0 Å². The Morgan fingerprint density at radius 2 is 2.08 bits per heavy atom. The van der Waals surface area contributed by atoms with Crippen LogP contribution in [0.5, 0.6) is 0 Å². The molecule has 1 heterocycles. The minimum Gasteiger partial charge on any atom is -0.356 e. The Morgan fingerprint density at radius 3 is 2.76 bits per heavy atom. The van der Waals surface area contributed by atoms with Crippen LogP contribution >= 0.6 is 24.0 Å². The molecule has 2 N–H and O–H groups in total. The molecule has 25 heavy (non-hydrogen) atoms. The first-order valence-electron chi connectivity index (χ1n) is 9.61. The molecule has 0 aliphatic heterocycles. The molecule has 144 valence electrons. The third-order valence-corrected chi connectivity index (χ3v) is 5.16. The Hall–Kier alpha value is -0.790. The van der Waals surface area contributed by atoms with Gasteiger partial charge in [-0.2, -0.15) is 0 Å². The Labute approximate surface area is 170 Å². The zero-order valence-corrected chi connectivity index (χ0v) is 18.5. The summed E-state index contributed by atoms with van der Waals surface area (Å²) >= 11 is 0. The molecule has 0 bridgehead atoms. The number of nitrogens with zero attached hydrogens (tertiary/aromatic N) is 3. The number of halogens is 1. The molecule has 0 radical (unpaired) electrons. The number of aryl methyl sites for hydroxylation is 2. The minimum atomic E-state index is 0. The monoisotopic (exact) mass is 461 g/mol. The van der Waals surface area contributed by atoms with Gasteiger partial charge < -0.3 is 15.2 Å². The highest BCUT2D eigenvalue weighted by atomic mass is 127. The lowest BCUT2D eigenvalue weighted by Gasteiger charge is -2.26. The molecule has 1 aromatic rings. The Morgan fingerprint density at radius 1 is 1.28 bits per heavy atom. The fourth-order valence-corrected chi connectivity index (χ4v) is 3.69. The lowest BCUT2D eigenvalue weighted by molar-refractivity contribution is 0.270. The van der Waals surface area contributed by atoms with Gasteiger partial charge in [-0.25, -0.2) is 4.98 Å². The SMILES string of the molecule is CN=C(NCCCCn1ccnc1C)NCCC1CCCC(C)C1.I. The number of aromatic nitrogens is 2. The maximum absolute atomic E-state index is 4.33. The number of hydrogen-bond donors (Lipinski definition) is 2. The van der Waals surface area contributed by atoms with E-state index in [2.05, 4.69) is 45.2 Å². The molecule has 2 atom stereocenters. The standard InChI is InChI=1S/C19H35N5.HI/c1-16-7-6-8-18(15-16)9-11-23-19(20-3)22-10-4-5-13-24-14-12-21-17(24)2;/h12,14,16,18H,4-11,13,15H2,1-3H3,(H2,20,22,23);1H. The van der Waals surface area contributed by atoms with Crippen molar-refractivity contribution in [3.8, 4) is 0 Å². The zero-order chi connectivity index (χ0) is 17.2. The molecule has 0 aromatic carbocycles. The molecule has 1 aliphatic carbocycles. The van der Waals surface area contributed by atoms with Gasteiger partial charge in [-0.1, -0.05) is 26.2 Å². The predicted molar refractivity (Wildman–Crippen MR) is 117 cm³/mol. The summed E-state index contributed by atoms with van der Waals surface area (Å²) in [6, 6.07) is 0. The van der Waals surface area contributed by atoms with E-state index in [0.717, 1.165) is 56.1 Å². The second-order valence-electron chi connectivity index (χ2n) is 7.23. The predicted octanol–water partition coefficient (Wildman–Crippen LogP) is 3.97. The minimum absolute atomic E-state index is 0. The summed E-state index contributed by atoms with van der Waals surface area (Å²) in [5.41, 5.74) is 0. The van der Waals surface area contributed by atoms with Gasteiger partial charge in [0.2, 0.25) is 0 Å².